The van der Waals surface area contributed by atoms with Crippen LogP contribution >= 0.6 is 0 Å². The van der Waals surface area contributed by atoms with Crippen molar-refractivity contribution >= 4 is 11.4 Å². The van der Waals surface area contributed by atoms with Crippen LogP contribution in [-0.2, 0) is 6.54 Å². The Bertz CT molecular complexity index is 1110. The van der Waals surface area contributed by atoms with Crippen LogP contribution in [0.1, 0.15) is 36.3 Å². The molecule has 4 aromatic rings. The second-order valence-electron chi connectivity index (χ2n) is 7.40. The van der Waals surface area contributed by atoms with E-state index in [2.05, 4.69) is 41.0 Å². The summed E-state index contributed by atoms with van der Waals surface area (Å²) in [5, 5.41) is 3.02. The molecule has 0 spiro atoms. The van der Waals surface area contributed by atoms with Gasteiger partial charge < -0.3 is 9.88 Å². The van der Waals surface area contributed by atoms with Crippen molar-refractivity contribution in [2.24, 2.45) is 5.92 Å². The molecule has 6 heteroatoms. The van der Waals surface area contributed by atoms with Crippen LogP contribution in [0, 0.1) is 5.92 Å². The third kappa shape index (κ3) is 4.06. The number of nitrogens with one attached hydrogen (secondary N) is 1. The topological polar surface area (TPSA) is 64.2 Å². The molecule has 0 radical (unpaired) electrons. The Balaban J connectivity index is 1.64. The van der Waals surface area contributed by atoms with Gasteiger partial charge in [0.05, 0.1) is 5.52 Å². The van der Waals surface area contributed by atoms with Crippen LogP contribution in [0.3, 0.4) is 0 Å². The molecule has 29 heavy (non-hydrogen) atoms. The molecule has 0 bridgehead atoms. The maximum absolute atomic E-state index is 12.8. The summed E-state index contributed by atoms with van der Waals surface area (Å²) in [6.07, 6.45) is 10.7. The summed E-state index contributed by atoms with van der Waals surface area (Å²) in [7, 11) is 0. The number of hydrogen-bond donors (Lipinski definition) is 1. The molecule has 0 aliphatic rings. The average molecular weight is 387 g/mol. The van der Waals surface area contributed by atoms with Gasteiger partial charge in [-0.05, 0) is 35.7 Å². The highest BCUT2D eigenvalue weighted by Crippen LogP contribution is 2.23. The molecule has 0 aliphatic carbocycles. The van der Waals surface area contributed by atoms with Crippen LogP contribution in [0.2, 0.25) is 0 Å². The van der Waals surface area contributed by atoms with Gasteiger partial charge in [-0.3, -0.25) is 14.2 Å². The van der Waals surface area contributed by atoms with Gasteiger partial charge in [0.15, 0.2) is 5.69 Å². The van der Waals surface area contributed by atoms with E-state index in [1.165, 1.54) is 0 Å². The van der Waals surface area contributed by atoms with Gasteiger partial charge in [-0.2, -0.15) is 0 Å². The number of fused-ring (bicyclic) bond motifs is 1. The molecule has 1 atom stereocenters. The molecular formula is C23H25N5O. The fourth-order valence-corrected chi connectivity index (χ4v) is 3.28. The highest BCUT2D eigenvalue weighted by atomic mass is 16.1. The third-order valence-electron chi connectivity index (χ3n) is 5.17. The van der Waals surface area contributed by atoms with Gasteiger partial charge in [0, 0.05) is 49.6 Å². The van der Waals surface area contributed by atoms with E-state index in [0.29, 0.717) is 18.2 Å². The van der Waals surface area contributed by atoms with E-state index in [4.69, 9.17) is 4.98 Å². The van der Waals surface area contributed by atoms with Gasteiger partial charge in [-0.1, -0.05) is 32.4 Å². The largest absolute Gasteiger partial charge is 0.350 e. The van der Waals surface area contributed by atoms with Crippen LogP contribution < -0.4 is 5.32 Å². The Morgan fingerprint density at radius 2 is 2.07 bits per heavy atom. The fourth-order valence-electron chi connectivity index (χ4n) is 3.28. The first-order valence-electron chi connectivity index (χ1n) is 9.96. The Labute approximate surface area is 170 Å². The molecule has 1 N–H and O–H groups in total. The van der Waals surface area contributed by atoms with Crippen LogP contribution in [0.15, 0.2) is 67.4 Å². The predicted molar refractivity (Wildman–Crippen MR) is 114 cm³/mol. The van der Waals surface area contributed by atoms with Crippen molar-refractivity contribution in [1.82, 2.24) is 24.3 Å². The normalized spacial score (nSPS) is 12.2. The summed E-state index contributed by atoms with van der Waals surface area (Å²) in [6, 6.07) is 11.8. The molecule has 0 saturated heterocycles. The summed E-state index contributed by atoms with van der Waals surface area (Å²) in [5.41, 5.74) is 3.37. The van der Waals surface area contributed by atoms with Crippen LogP contribution in [0.4, 0.5) is 0 Å². The molecule has 0 aliphatic heterocycles. The number of carbonyl (C=O) groups is 1. The zero-order valence-electron chi connectivity index (χ0n) is 16.7. The van der Waals surface area contributed by atoms with Gasteiger partial charge in [0.1, 0.15) is 5.82 Å². The highest BCUT2D eigenvalue weighted by molar-refractivity contribution is 6.00. The Hall–Kier alpha value is -3.41. The lowest BCUT2D eigenvalue weighted by atomic mass is 10.1. The maximum Gasteiger partial charge on any atom is 0.272 e. The van der Waals surface area contributed by atoms with Crippen molar-refractivity contribution in [3.05, 3.63) is 78.6 Å². The van der Waals surface area contributed by atoms with E-state index >= 15 is 0 Å². The van der Waals surface area contributed by atoms with E-state index in [9.17, 15) is 4.79 Å². The maximum atomic E-state index is 12.8. The van der Waals surface area contributed by atoms with E-state index in [1.54, 1.807) is 6.20 Å². The van der Waals surface area contributed by atoms with Crippen molar-refractivity contribution < 1.29 is 4.79 Å². The number of hydrogen-bond acceptors (Lipinski definition) is 3. The lowest BCUT2D eigenvalue weighted by Gasteiger charge is -2.08. The number of carbonyl (C=O) groups excluding carboxylic acids is 1. The van der Waals surface area contributed by atoms with E-state index in [1.807, 2.05) is 53.3 Å². The van der Waals surface area contributed by atoms with Crippen molar-refractivity contribution in [1.29, 1.82) is 0 Å². The molecule has 0 fully saturated rings. The Morgan fingerprint density at radius 1 is 1.17 bits per heavy atom. The fraction of sp³-hybridized carbons (Fsp3) is 0.261. The minimum atomic E-state index is -0.130. The lowest BCUT2D eigenvalue weighted by molar-refractivity contribution is 0.0945. The first-order chi connectivity index (χ1) is 14.2. The highest BCUT2D eigenvalue weighted by Gasteiger charge is 2.19. The molecule has 1 amide bonds. The monoisotopic (exact) mass is 387 g/mol. The number of rotatable bonds is 7. The van der Waals surface area contributed by atoms with E-state index < -0.39 is 0 Å². The average Bonchev–Trinajstić information content (AvgIpc) is 3.37. The molecule has 0 aromatic carbocycles. The SMILES string of the molecule is CC[C@@H](C)CNC(=O)c1nc(-c2ccn(Cc3cccnc3)c2)n2ccccc12. The summed E-state index contributed by atoms with van der Waals surface area (Å²) in [6.45, 7) is 5.64. The minimum Gasteiger partial charge on any atom is -0.350 e. The minimum absolute atomic E-state index is 0.130. The molecule has 4 heterocycles. The zero-order valence-corrected chi connectivity index (χ0v) is 16.7. The molecular weight excluding hydrogens is 362 g/mol. The Morgan fingerprint density at radius 3 is 2.86 bits per heavy atom. The summed E-state index contributed by atoms with van der Waals surface area (Å²) in [4.78, 5) is 21.7. The first kappa shape index (κ1) is 18.9. The third-order valence-corrected chi connectivity index (χ3v) is 5.17. The number of nitrogens with zero attached hydrogens (tertiary/aromatic N) is 4. The standard InChI is InChI=1S/C23H25N5O/c1-3-17(2)13-25-23(29)21-20-8-4-5-11-28(20)22(26-21)19-9-12-27(16-19)15-18-7-6-10-24-14-18/h4-12,14,16-17H,3,13,15H2,1-2H3,(H,25,29)/t17-/m1/s1. The lowest BCUT2D eigenvalue weighted by Crippen LogP contribution is -2.28. The summed E-state index contributed by atoms with van der Waals surface area (Å²) in [5.74, 6) is 1.07. The predicted octanol–water partition coefficient (Wildman–Crippen LogP) is 4.02. The van der Waals surface area contributed by atoms with Crippen molar-refractivity contribution in [2.75, 3.05) is 6.54 Å². The van der Waals surface area contributed by atoms with E-state index in [-0.39, 0.29) is 5.91 Å². The Kier molecular flexibility index (Phi) is 5.42. The van der Waals surface area contributed by atoms with Crippen LogP contribution in [-0.4, -0.2) is 31.4 Å². The second kappa shape index (κ2) is 8.31. The van der Waals surface area contributed by atoms with Crippen molar-refractivity contribution in [3.8, 4) is 11.4 Å². The smallest absolute Gasteiger partial charge is 0.272 e. The van der Waals surface area contributed by atoms with Gasteiger partial charge in [-0.25, -0.2) is 4.98 Å². The van der Waals surface area contributed by atoms with Gasteiger partial charge in [-0.15, -0.1) is 0 Å². The second-order valence-corrected chi connectivity index (χ2v) is 7.40. The quantitative estimate of drug-likeness (QED) is 0.521. The van der Waals surface area contributed by atoms with Gasteiger partial charge >= 0.3 is 0 Å². The van der Waals surface area contributed by atoms with Crippen molar-refractivity contribution in [2.45, 2.75) is 26.8 Å². The van der Waals surface area contributed by atoms with E-state index in [0.717, 1.165) is 35.4 Å². The molecule has 148 valence electrons. The molecule has 4 rings (SSSR count). The van der Waals surface area contributed by atoms with Crippen molar-refractivity contribution in [3.63, 3.8) is 0 Å². The number of aromatic nitrogens is 4. The zero-order chi connectivity index (χ0) is 20.2. The molecule has 6 nitrogen and oxygen atoms in total. The summed E-state index contributed by atoms with van der Waals surface area (Å²) < 4.78 is 4.07. The number of imidazole rings is 1. The van der Waals surface area contributed by atoms with Crippen LogP contribution in [0.25, 0.3) is 16.9 Å². The first-order valence-corrected chi connectivity index (χ1v) is 9.96. The summed E-state index contributed by atoms with van der Waals surface area (Å²) >= 11 is 0. The molecule has 4 aromatic heterocycles. The number of amides is 1. The number of pyridine rings is 2. The molecule has 0 unspecified atom stereocenters. The van der Waals surface area contributed by atoms with Gasteiger partial charge in [0.2, 0.25) is 0 Å². The van der Waals surface area contributed by atoms with Gasteiger partial charge in [0.25, 0.3) is 5.91 Å². The van der Waals surface area contributed by atoms with Crippen LogP contribution in [0.5, 0.6) is 0 Å². The molecule has 0 saturated carbocycles.